The van der Waals surface area contributed by atoms with Crippen molar-refractivity contribution in [1.82, 2.24) is 0 Å². The number of carbonyl (C=O) groups is 1. The van der Waals surface area contributed by atoms with Gasteiger partial charge in [0.25, 0.3) is 0 Å². The van der Waals surface area contributed by atoms with Crippen molar-refractivity contribution in [3.63, 3.8) is 0 Å². The van der Waals surface area contributed by atoms with Crippen molar-refractivity contribution in [1.29, 1.82) is 0 Å². The van der Waals surface area contributed by atoms with Crippen molar-refractivity contribution in [2.45, 2.75) is 5.06 Å². The third kappa shape index (κ3) is 1.64. The molecule has 0 fully saturated rings. The molecule has 0 aromatic heterocycles. The highest BCUT2D eigenvalue weighted by atomic mass is 35.5. The van der Waals surface area contributed by atoms with Crippen LogP contribution in [-0.4, -0.2) is 16.5 Å². The maximum atomic E-state index is 10.4. The average molecular weight is 193 g/mol. The quantitative estimate of drug-likeness (QED) is 0.505. The highest BCUT2D eigenvalue weighted by molar-refractivity contribution is 6.33. The number of hydrogen-bond acceptors (Lipinski definition) is 2. The average Bonchev–Trinajstić information content (AvgIpc) is 1.86. The minimum atomic E-state index is -1.66. The standard InChI is InChI=1S/C7H6Cl2O2/c8-6-2-1-3-7(9,11)5(6)4-10/h1-5,11H. The summed E-state index contributed by atoms with van der Waals surface area (Å²) < 4.78 is 0. The third-order valence-corrected chi connectivity index (χ3v) is 2.18. The van der Waals surface area contributed by atoms with Crippen LogP contribution in [0.3, 0.4) is 0 Å². The smallest absolute Gasteiger partial charge is 0.172 e. The normalized spacial score (nSPS) is 36.6. The summed E-state index contributed by atoms with van der Waals surface area (Å²) in [6.45, 7) is 0. The molecule has 1 N–H and O–H groups in total. The van der Waals surface area contributed by atoms with Gasteiger partial charge < -0.3 is 9.90 Å². The van der Waals surface area contributed by atoms with Gasteiger partial charge in [-0.1, -0.05) is 29.3 Å². The summed E-state index contributed by atoms with van der Waals surface area (Å²) >= 11 is 11.1. The van der Waals surface area contributed by atoms with Gasteiger partial charge in [0.15, 0.2) is 5.06 Å². The van der Waals surface area contributed by atoms with Crippen LogP contribution in [0.2, 0.25) is 0 Å². The SMILES string of the molecule is O=CC1C(Cl)=CC=CC1(O)Cl. The first-order valence-electron chi connectivity index (χ1n) is 2.99. The zero-order chi connectivity index (χ0) is 8.48. The number of allylic oxidation sites excluding steroid dienone is 2. The van der Waals surface area contributed by atoms with Crippen LogP contribution in [0, 0.1) is 5.92 Å². The molecule has 1 rings (SSSR count). The molecule has 1 aliphatic carbocycles. The molecule has 0 aromatic carbocycles. The molecule has 1 aliphatic rings. The lowest BCUT2D eigenvalue weighted by Gasteiger charge is -2.24. The Hall–Kier alpha value is -0.310. The molecule has 0 saturated heterocycles. The Kier molecular flexibility index (Phi) is 2.37. The van der Waals surface area contributed by atoms with E-state index in [-0.39, 0.29) is 5.03 Å². The van der Waals surface area contributed by atoms with Crippen LogP contribution >= 0.6 is 23.2 Å². The molecule has 2 unspecified atom stereocenters. The topological polar surface area (TPSA) is 37.3 Å². The Morgan fingerprint density at radius 1 is 1.73 bits per heavy atom. The lowest BCUT2D eigenvalue weighted by Crippen LogP contribution is -2.32. The van der Waals surface area contributed by atoms with Gasteiger partial charge in [0.1, 0.15) is 6.29 Å². The highest BCUT2D eigenvalue weighted by Gasteiger charge is 2.35. The van der Waals surface area contributed by atoms with E-state index in [1.54, 1.807) is 0 Å². The second-order valence-electron chi connectivity index (χ2n) is 2.25. The molecule has 0 heterocycles. The summed E-state index contributed by atoms with van der Waals surface area (Å²) in [6, 6.07) is 0. The first-order valence-corrected chi connectivity index (χ1v) is 3.75. The van der Waals surface area contributed by atoms with Gasteiger partial charge in [-0.25, -0.2) is 0 Å². The molecular weight excluding hydrogens is 187 g/mol. The largest absolute Gasteiger partial charge is 0.370 e. The summed E-state index contributed by atoms with van der Waals surface area (Å²) in [7, 11) is 0. The fraction of sp³-hybridized carbons (Fsp3) is 0.286. The van der Waals surface area contributed by atoms with Crippen LogP contribution in [0.5, 0.6) is 0 Å². The molecule has 60 valence electrons. The van der Waals surface area contributed by atoms with Crippen molar-refractivity contribution in [2.24, 2.45) is 5.92 Å². The zero-order valence-corrected chi connectivity index (χ0v) is 7.01. The van der Waals surface area contributed by atoms with Crippen LogP contribution in [-0.2, 0) is 4.79 Å². The number of rotatable bonds is 1. The summed E-state index contributed by atoms with van der Waals surface area (Å²) in [5.41, 5.74) is 0. The number of aldehydes is 1. The van der Waals surface area contributed by atoms with Gasteiger partial charge >= 0.3 is 0 Å². The predicted molar refractivity (Wildman–Crippen MR) is 43.4 cm³/mol. The molecule has 0 amide bonds. The van der Waals surface area contributed by atoms with Crippen LogP contribution in [0.15, 0.2) is 23.3 Å². The van der Waals surface area contributed by atoms with E-state index in [2.05, 4.69) is 0 Å². The van der Waals surface area contributed by atoms with Crippen molar-refractivity contribution >= 4 is 29.5 Å². The molecule has 2 atom stereocenters. The first-order chi connectivity index (χ1) is 5.08. The Morgan fingerprint density at radius 3 is 2.73 bits per heavy atom. The molecule has 11 heavy (non-hydrogen) atoms. The maximum Gasteiger partial charge on any atom is 0.172 e. The predicted octanol–water partition coefficient (Wildman–Crippen LogP) is 1.42. The third-order valence-electron chi connectivity index (χ3n) is 1.45. The van der Waals surface area contributed by atoms with E-state index in [1.165, 1.54) is 18.2 Å². The minimum absolute atomic E-state index is 0.250. The van der Waals surface area contributed by atoms with E-state index >= 15 is 0 Å². The van der Waals surface area contributed by atoms with Gasteiger partial charge in [-0.05, 0) is 12.2 Å². The molecule has 0 bridgehead atoms. The lowest BCUT2D eigenvalue weighted by atomic mass is 9.98. The summed E-state index contributed by atoms with van der Waals surface area (Å²) in [6.07, 6.45) is 4.88. The van der Waals surface area contributed by atoms with Crippen molar-refractivity contribution in [2.75, 3.05) is 0 Å². The molecule has 2 nitrogen and oxygen atoms in total. The summed E-state index contributed by atoms with van der Waals surface area (Å²) in [5, 5.41) is 7.92. The summed E-state index contributed by atoms with van der Waals surface area (Å²) in [5.74, 6) is -0.851. The lowest BCUT2D eigenvalue weighted by molar-refractivity contribution is -0.112. The molecular formula is C7H6Cl2O2. The van der Waals surface area contributed by atoms with Crippen LogP contribution in [0.1, 0.15) is 0 Å². The van der Waals surface area contributed by atoms with Gasteiger partial charge in [0.05, 0.1) is 5.92 Å². The molecule has 4 heteroatoms. The van der Waals surface area contributed by atoms with Gasteiger partial charge in [-0.2, -0.15) is 0 Å². The number of aliphatic hydroxyl groups is 1. The van der Waals surface area contributed by atoms with Crippen molar-refractivity contribution in [3.8, 4) is 0 Å². The van der Waals surface area contributed by atoms with E-state index in [1.807, 2.05) is 0 Å². The van der Waals surface area contributed by atoms with E-state index in [0.717, 1.165) is 0 Å². The second kappa shape index (κ2) is 2.97. The minimum Gasteiger partial charge on any atom is -0.370 e. The fourth-order valence-electron chi connectivity index (χ4n) is 0.836. The number of carbonyl (C=O) groups excluding carboxylic acids is 1. The van der Waals surface area contributed by atoms with Crippen LogP contribution in [0.25, 0.3) is 0 Å². The van der Waals surface area contributed by atoms with Gasteiger partial charge in [0.2, 0.25) is 0 Å². The van der Waals surface area contributed by atoms with E-state index in [4.69, 9.17) is 23.2 Å². The van der Waals surface area contributed by atoms with E-state index < -0.39 is 11.0 Å². The maximum absolute atomic E-state index is 10.4. The van der Waals surface area contributed by atoms with Gasteiger partial charge in [0, 0.05) is 5.03 Å². The molecule has 0 aliphatic heterocycles. The second-order valence-corrected chi connectivity index (χ2v) is 3.29. The molecule has 0 radical (unpaired) electrons. The molecule has 0 spiro atoms. The monoisotopic (exact) mass is 192 g/mol. The molecule has 0 aromatic rings. The zero-order valence-electron chi connectivity index (χ0n) is 5.50. The Labute approximate surface area is 74.1 Å². The van der Waals surface area contributed by atoms with E-state index in [9.17, 15) is 9.90 Å². The van der Waals surface area contributed by atoms with Gasteiger partial charge in [-0.15, -0.1) is 0 Å². The van der Waals surface area contributed by atoms with Crippen LogP contribution < -0.4 is 0 Å². The number of halogens is 2. The van der Waals surface area contributed by atoms with Gasteiger partial charge in [-0.3, -0.25) is 0 Å². The Bertz CT molecular complexity index is 231. The van der Waals surface area contributed by atoms with Crippen molar-refractivity contribution in [3.05, 3.63) is 23.3 Å². The fourth-order valence-corrected chi connectivity index (χ4v) is 1.42. The van der Waals surface area contributed by atoms with Crippen molar-refractivity contribution < 1.29 is 9.90 Å². The number of hydrogen-bond donors (Lipinski definition) is 1. The molecule has 0 saturated carbocycles. The van der Waals surface area contributed by atoms with E-state index in [0.29, 0.717) is 6.29 Å². The Morgan fingerprint density at radius 2 is 2.36 bits per heavy atom. The van der Waals surface area contributed by atoms with Crippen LogP contribution in [0.4, 0.5) is 0 Å². The summed E-state index contributed by atoms with van der Waals surface area (Å²) in [4.78, 5) is 10.4. The number of alkyl halides is 1. The first kappa shape index (κ1) is 8.78. The highest BCUT2D eigenvalue weighted by Crippen LogP contribution is 2.33. The Balaban J connectivity index is 2.97.